The average molecular weight is 961 g/mol. The Balaban J connectivity index is 6.75. The molecule has 20 N–H and O–H groups in total. The van der Waals surface area contributed by atoms with Crippen LogP contribution in [0.2, 0.25) is 0 Å². The molecule has 8 amide bonds. The number of amides is 8. The summed E-state index contributed by atoms with van der Waals surface area (Å²) in [7, 11) is 0. The first-order chi connectivity index (χ1) is 30.9. The van der Waals surface area contributed by atoms with Gasteiger partial charge in [-0.1, -0.05) is 0 Å². The minimum absolute atomic E-state index is 0.0271. The van der Waals surface area contributed by atoms with Crippen molar-refractivity contribution in [2.75, 3.05) is 25.1 Å². The summed E-state index contributed by atoms with van der Waals surface area (Å²) in [6, 6.07) is -10.2. The zero-order chi connectivity index (χ0) is 50.5. The number of nitrogens with zero attached hydrogens (tertiary/aromatic N) is 2. The summed E-state index contributed by atoms with van der Waals surface area (Å²) < 4.78 is 0. The molecule has 0 saturated heterocycles. The summed E-state index contributed by atoms with van der Waals surface area (Å²) >= 11 is 1.24. The normalized spacial score (nSPS) is 13.8. The number of carboxylic acids is 3. The lowest BCUT2D eigenvalue weighted by molar-refractivity contribution is -0.140. The van der Waals surface area contributed by atoms with E-state index in [4.69, 9.17) is 33.8 Å². The van der Waals surface area contributed by atoms with Gasteiger partial charge in [0, 0.05) is 39.3 Å². The van der Waals surface area contributed by atoms with Gasteiger partial charge in [-0.2, -0.15) is 11.8 Å². The topological polar surface area (TPSA) is 487 Å². The van der Waals surface area contributed by atoms with Crippen molar-refractivity contribution in [3.8, 4) is 0 Å². The Kier molecular flexibility index (Phi) is 28.5. The van der Waals surface area contributed by atoms with E-state index in [1.165, 1.54) is 18.7 Å². The highest BCUT2D eigenvalue weighted by molar-refractivity contribution is 7.98. The van der Waals surface area contributed by atoms with Gasteiger partial charge in [0.15, 0.2) is 11.9 Å². The van der Waals surface area contributed by atoms with E-state index in [0.29, 0.717) is 0 Å². The van der Waals surface area contributed by atoms with E-state index in [1.807, 2.05) is 0 Å². The number of aliphatic carboxylic acids is 3. The molecule has 372 valence electrons. The molecule has 0 aliphatic heterocycles. The summed E-state index contributed by atoms with van der Waals surface area (Å²) in [5.74, 6) is -11.9. The number of aliphatic imine (C=N–C) groups is 2. The van der Waals surface area contributed by atoms with Crippen molar-refractivity contribution in [2.45, 2.75) is 127 Å². The van der Waals surface area contributed by atoms with E-state index in [-0.39, 0.29) is 62.9 Å². The summed E-state index contributed by atoms with van der Waals surface area (Å²) in [5.41, 5.74) is 26.9. The van der Waals surface area contributed by atoms with Crippen LogP contribution in [0.25, 0.3) is 0 Å². The van der Waals surface area contributed by atoms with E-state index in [0.717, 1.165) is 6.92 Å². The van der Waals surface area contributed by atoms with Crippen molar-refractivity contribution in [3.05, 3.63) is 0 Å². The third-order valence-corrected chi connectivity index (χ3v) is 9.73. The zero-order valence-electron chi connectivity index (χ0n) is 37.0. The monoisotopic (exact) mass is 960 g/mol. The molecule has 7 atom stereocenters. The third kappa shape index (κ3) is 26.6. The fourth-order valence-electron chi connectivity index (χ4n) is 5.65. The zero-order valence-corrected chi connectivity index (χ0v) is 37.8. The molecule has 0 aromatic carbocycles. The van der Waals surface area contributed by atoms with Gasteiger partial charge in [0.1, 0.15) is 42.3 Å². The predicted molar refractivity (Wildman–Crippen MR) is 237 cm³/mol. The fraction of sp³-hybridized carbons (Fsp3) is 0.649. The number of hydrogen-bond acceptors (Lipinski definition) is 14. The average Bonchev–Trinajstić information content (AvgIpc) is 3.21. The highest BCUT2D eigenvalue weighted by Gasteiger charge is 2.34. The maximum atomic E-state index is 13.9. The van der Waals surface area contributed by atoms with Crippen LogP contribution in [0.15, 0.2) is 9.98 Å². The molecule has 29 heteroatoms. The maximum Gasteiger partial charge on any atom is 0.303 e. The minimum atomic E-state index is -1.68. The molecular weight excluding hydrogens is 897 g/mol. The molecule has 0 aromatic rings. The molecule has 0 radical (unpaired) electrons. The van der Waals surface area contributed by atoms with E-state index in [2.05, 4.69) is 47.2 Å². The van der Waals surface area contributed by atoms with E-state index in [1.54, 1.807) is 6.26 Å². The van der Waals surface area contributed by atoms with Crippen molar-refractivity contribution in [1.29, 1.82) is 0 Å². The SMILES string of the molecule is CSCC[C@H](NC(=O)[C@H](CCC(=O)O)NC(=O)[C@H](CCC(=O)O)NC(C)=O)C(=O)N[C@@H](CCC(=O)O)C(=O)N[C@@H](CCCN=C(N)N)C(=O)N[C@@H](CCCN=C(N)N)C(=O)N[C@@H](C)C(N)=O. The van der Waals surface area contributed by atoms with Gasteiger partial charge in [-0.3, -0.25) is 62.7 Å². The molecular formula is C37H64N14O14S. The molecule has 0 saturated carbocycles. The second kappa shape index (κ2) is 31.8. The molecule has 0 aromatic heterocycles. The van der Waals surface area contributed by atoms with Crippen LogP contribution in [0.3, 0.4) is 0 Å². The van der Waals surface area contributed by atoms with Crippen LogP contribution in [-0.2, 0) is 52.7 Å². The number of carbonyl (C=O) groups excluding carboxylic acids is 8. The largest absolute Gasteiger partial charge is 0.481 e. The van der Waals surface area contributed by atoms with Crippen LogP contribution in [-0.4, -0.2) is 160 Å². The lowest BCUT2D eigenvalue weighted by Gasteiger charge is -2.27. The maximum absolute atomic E-state index is 13.9. The van der Waals surface area contributed by atoms with Crippen LogP contribution in [0.4, 0.5) is 0 Å². The minimum Gasteiger partial charge on any atom is -0.481 e. The number of carboxylic acid groups (broad SMARTS) is 3. The van der Waals surface area contributed by atoms with Crippen LogP contribution in [0, 0.1) is 0 Å². The number of hydrogen-bond donors (Lipinski definition) is 15. The molecule has 0 spiro atoms. The Morgan fingerprint density at radius 1 is 0.470 bits per heavy atom. The van der Waals surface area contributed by atoms with Gasteiger partial charge in [0.25, 0.3) is 0 Å². The number of carbonyl (C=O) groups is 11. The standard InChI is InChI=1S/C37H64N14O14S/c1-18(29(38)59)45-30(60)20(6-4-15-43-36(39)40)47-31(61)21(7-5-16-44-37(41)42)48-33(63)23(9-12-27(55)56)50-35(65)25(14-17-66-3)51-34(64)24(10-13-28(57)58)49-32(62)22(46-19(2)52)8-11-26(53)54/h18,20-25H,4-17H2,1-3H3,(H2,38,59)(H,45,60)(H,46,52)(H,47,61)(H,48,63)(H,49,62)(H,50,65)(H,51,64)(H,53,54)(H,55,56)(H,57,58)(H4,39,40,43)(H4,41,42,44)/t18-,20-,21-,22-,23-,24-,25-/m0/s1. The Morgan fingerprint density at radius 2 is 0.758 bits per heavy atom. The number of thioether (sulfide) groups is 1. The van der Waals surface area contributed by atoms with Gasteiger partial charge in [0.2, 0.25) is 47.3 Å². The Morgan fingerprint density at radius 3 is 1.03 bits per heavy atom. The highest BCUT2D eigenvalue weighted by Crippen LogP contribution is 2.10. The first-order valence-electron chi connectivity index (χ1n) is 20.5. The fourth-order valence-corrected chi connectivity index (χ4v) is 6.12. The highest BCUT2D eigenvalue weighted by atomic mass is 32.2. The second-order valence-corrected chi connectivity index (χ2v) is 15.7. The predicted octanol–water partition coefficient (Wildman–Crippen LogP) is -5.64. The van der Waals surface area contributed by atoms with Crippen LogP contribution in [0.5, 0.6) is 0 Å². The molecule has 0 heterocycles. The molecule has 0 bridgehead atoms. The first kappa shape index (κ1) is 59.1. The smallest absolute Gasteiger partial charge is 0.303 e. The number of nitrogens with one attached hydrogen (secondary N) is 7. The van der Waals surface area contributed by atoms with E-state index >= 15 is 0 Å². The van der Waals surface area contributed by atoms with Gasteiger partial charge < -0.3 is 81.2 Å². The lowest BCUT2D eigenvalue weighted by Crippen LogP contribution is -2.60. The number of primary amides is 1. The van der Waals surface area contributed by atoms with Crippen molar-refractivity contribution >= 4 is 88.8 Å². The molecule has 0 aliphatic carbocycles. The molecule has 0 unspecified atom stereocenters. The van der Waals surface area contributed by atoms with Gasteiger partial charge >= 0.3 is 17.9 Å². The molecule has 0 aliphatic rings. The summed E-state index contributed by atoms with van der Waals surface area (Å²) in [6.45, 7) is 2.38. The van der Waals surface area contributed by atoms with Gasteiger partial charge in [-0.25, -0.2) is 0 Å². The number of nitrogens with two attached hydrogens (primary N) is 5. The third-order valence-electron chi connectivity index (χ3n) is 9.09. The Hall–Kier alpha value is -6.94. The number of guanidine groups is 2. The van der Waals surface area contributed by atoms with Gasteiger partial charge in [0.05, 0.1) is 0 Å². The van der Waals surface area contributed by atoms with Crippen molar-refractivity contribution in [2.24, 2.45) is 38.7 Å². The Labute approximate surface area is 383 Å². The molecule has 0 fully saturated rings. The second-order valence-electron chi connectivity index (χ2n) is 14.7. The van der Waals surface area contributed by atoms with Crippen molar-refractivity contribution in [3.63, 3.8) is 0 Å². The van der Waals surface area contributed by atoms with Crippen molar-refractivity contribution < 1.29 is 68.1 Å². The first-order valence-corrected chi connectivity index (χ1v) is 21.9. The summed E-state index contributed by atoms with van der Waals surface area (Å²) in [4.78, 5) is 147. The summed E-state index contributed by atoms with van der Waals surface area (Å²) in [6.07, 6.45) is -1.83. The number of rotatable bonds is 34. The van der Waals surface area contributed by atoms with Crippen LogP contribution < -0.4 is 65.9 Å². The van der Waals surface area contributed by atoms with E-state index in [9.17, 15) is 63.0 Å². The molecule has 28 nitrogen and oxygen atoms in total. The van der Waals surface area contributed by atoms with Crippen LogP contribution >= 0.6 is 11.8 Å². The van der Waals surface area contributed by atoms with Crippen molar-refractivity contribution in [1.82, 2.24) is 37.2 Å². The quantitative estimate of drug-likeness (QED) is 0.0162. The van der Waals surface area contributed by atoms with Gasteiger partial charge in [-0.05, 0) is 70.3 Å². The molecule has 66 heavy (non-hydrogen) atoms. The Bertz CT molecular complexity index is 1780. The van der Waals surface area contributed by atoms with E-state index < -0.39 is 146 Å². The summed E-state index contributed by atoms with van der Waals surface area (Å²) in [5, 5.41) is 44.6. The van der Waals surface area contributed by atoms with Gasteiger partial charge in [-0.15, -0.1) is 0 Å². The van der Waals surface area contributed by atoms with Crippen LogP contribution in [0.1, 0.15) is 84.5 Å². The molecule has 0 rings (SSSR count). The lowest BCUT2D eigenvalue weighted by atomic mass is 10.0.